The Labute approximate surface area is 192 Å². The lowest BCUT2D eigenvalue weighted by Crippen LogP contribution is -2.40. The van der Waals surface area contributed by atoms with Crippen LogP contribution in [0, 0.1) is 0 Å². The molecular weight excluding hydrogens is 452 g/mol. The van der Waals surface area contributed by atoms with E-state index >= 15 is 0 Å². The van der Waals surface area contributed by atoms with Crippen molar-refractivity contribution in [2.45, 2.75) is 37.8 Å². The molecule has 0 saturated heterocycles. The van der Waals surface area contributed by atoms with Gasteiger partial charge in [-0.3, -0.25) is 9.52 Å². The second kappa shape index (κ2) is 10.8. The first-order chi connectivity index (χ1) is 15.5. The highest BCUT2D eigenvalue weighted by Gasteiger charge is 2.20. The van der Waals surface area contributed by atoms with Crippen molar-refractivity contribution < 1.29 is 37.0 Å². The fourth-order valence-electron chi connectivity index (χ4n) is 2.73. The van der Waals surface area contributed by atoms with Crippen molar-refractivity contribution in [3.8, 4) is 5.75 Å². The van der Waals surface area contributed by atoms with Gasteiger partial charge in [-0.05, 0) is 63.2 Å². The van der Waals surface area contributed by atoms with Crippen LogP contribution in [-0.4, -0.2) is 52.6 Å². The van der Waals surface area contributed by atoms with Gasteiger partial charge in [0.2, 0.25) is 0 Å². The molecule has 0 aliphatic rings. The topological polar surface area (TPSA) is 137 Å². The van der Waals surface area contributed by atoms with E-state index in [0.717, 1.165) is 14.2 Å². The number of anilines is 1. The molecule has 2 aromatic carbocycles. The highest BCUT2D eigenvalue weighted by atomic mass is 32.2. The summed E-state index contributed by atoms with van der Waals surface area (Å²) in [7, 11) is -1.76. The van der Waals surface area contributed by atoms with E-state index in [0.29, 0.717) is 5.75 Å². The fourth-order valence-corrected chi connectivity index (χ4v) is 3.77. The van der Waals surface area contributed by atoms with Gasteiger partial charge in [0.1, 0.15) is 5.75 Å². The van der Waals surface area contributed by atoms with Crippen molar-refractivity contribution in [2.75, 3.05) is 18.9 Å². The van der Waals surface area contributed by atoms with Crippen molar-refractivity contribution in [1.82, 2.24) is 5.32 Å². The van der Waals surface area contributed by atoms with Crippen LogP contribution >= 0.6 is 0 Å². The summed E-state index contributed by atoms with van der Waals surface area (Å²) in [5, 5.41) is 2.72. The Morgan fingerprint density at radius 3 is 1.82 bits per heavy atom. The molecule has 0 aromatic heterocycles. The number of amides is 1. The summed E-state index contributed by atoms with van der Waals surface area (Å²) < 4.78 is 42.8. The molecule has 0 aliphatic carbocycles. The summed E-state index contributed by atoms with van der Waals surface area (Å²) in [4.78, 5) is 35.7. The molecule has 0 bridgehead atoms. The lowest BCUT2D eigenvalue weighted by atomic mass is 10.1. The number of carbonyl (C=O) groups is 3. The lowest BCUT2D eigenvalue weighted by molar-refractivity contribution is -0.127. The Balaban J connectivity index is 2.24. The van der Waals surface area contributed by atoms with Crippen LogP contribution in [0.2, 0.25) is 0 Å². The van der Waals surface area contributed by atoms with E-state index in [2.05, 4.69) is 19.5 Å². The van der Waals surface area contributed by atoms with E-state index in [1.165, 1.54) is 42.5 Å². The maximum Gasteiger partial charge on any atom is 0.337 e. The average Bonchev–Trinajstić information content (AvgIpc) is 2.77. The molecule has 0 spiro atoms. The summed E-state index contributed by atoms with van der Waals surface area (Å²) >= 11 is 0. The van der Waals surface area contributed by atoms with Crippen molar-refractivity contribution in [3.05, 3.63) is 53.6 Å². The largest absolute Gasteiger partial charge is 0.481 e. The van der Waals surface area contributed by atoms with Gasteiger partial charge < -0.3 is 19.5 Å². The molecule has 0 radical (unpaired) electrons. The van der Waals surface area contributed by atoms with Crippen molar-refractivity contribution in [3.63, 3.8) is 0 Å². The first kappa shape index (κ1) is 25.7. The van der Waals surface area contributed by atoms with Gasteiger partial charge in [-0.25, -0.2) is 18.0 Å². The lowest BCUT2D eigenvalue weighted by Gasteiger charge is -2.16. The zero-order valence-corrected chi connectivity index (χ0v) is 19.7. The van der Waals surface area contributed by atoms with Gasteiger partial charge in [-0.15, -0.1) is 0 Å². The SMILES string of the molecule is COC(=O)c1cc(NS(=O)(=O)c2ccc(O[C@@H](C)C(=O)NC(C)C)cc2)cc(C(=O)OC)c1. The summed E-state index contributed by atoms with van der Waals surface area (Å²) in [6.07, 6.45) is -0.772. The molecule has 178 valence electrons. The molecule has 2 aromatic rings. The number of ether oxygens (including phenoxy) is 3. The van der Waals surface area contributed by atoms with Gasteiger partial charge in [0.05, 0.1) is 35.9 Å². The maximum atomic E-state index is 12.8. The Hall–Kier alpha value is -3.60. The van der Waals surface area contributed by atoms with E-state index in [9.17, 15) is 22.8 Å². The number of benzene rings is 2. The van der Waals surface area contributed by atoms with Crippen LogP contribution < -0.4 is 14.8 Å². The molecular formula is C22H26N2O8S. The number of hydrogen-bond acceptors (Lipinski definition) is 8. The third-order valence-corrected chi connectivity index (χ3v) is 5.67. The van der Waals surface area contributed by atoms with E-state index in [4.69, 9.17) is 4.74 Å². The van der Waals surface area contributed by atoms with Crippen LogP contribution in [-0.2, 0) is 24.3 Å². The molecule has 0 aliphatic heterocycles. The standard InChI is InChI=1S/C22H26N2O8S/c1-13(2)23-20(25)14(3)32-18-6-8-19(9-7-18)33(28,29)24-17-11-15(21(26)30-4)10-16(12-17)22(27)31-5/h6-14,24H,1-5H3,(H,23,25)/t14-/m0/s1. The number of sulfonamides is 1. The zero-order valence-electron chi connectivity index (χ0n) is 18.9. The van der Waals surface area contributed by atoms with Crippen LogP contribution in [0.25, 0.3) is 0 Å². The minimum atomic E-state index is -4.08. The first-order valence-electron chi connectivity index (χ1n) is 9.88. The van der Waals surface area contributed by atoms with Crippen molar-refractivity contribution in [1.29, 1.82) is 0 Å². The van der Waals surface area contributed by atoms with Crippen molar-refractivity contribution in [2.24, 2.45) is 0 Å². The van der Waals surface area contributed by atoms with Gasteiger partial charge in [0, 0.05) is 6.04 Å². The predicted octanol–water partition coefficient (Wildman–Crippen LogP) is 2.35. The molecule has 2 rings (SSSR count). The normalized spacial score (nSPS) is 11.9. The monoisotopic (exact) mass is 478 g/mol. The fraction of sp³-hybridized carbons (Fsp3) is 0.318. The number of esters is 2. The van der Waals surface area contributed by atoms with Gasteiger partial charge in [0.25, 0.3) is 15.9 Å². The van der Waals surface area contributed by atoms with E-state index in [-0.39, 0.29) is 33.7 Å². The van der Waals surface area contributed by atoms with E-state index in [1.54, 1.807) is 6.92 Å². The molecule has 0 fully saturated rings. The number of rotatable bonds is 9. The van der Waals surface area contributed by atoms with Crippen LogP contribution in [0.4, 0.5) is 5.69 Å². The van der Waals surface area contributed by atoms with Crippen LogP contribution in [0.5, 0.6) is 5.75 Å². The smallest absolute Gasteiger partial charge is 0.337 e. The van der Waals surface area contributed by atoms with Gasteiger partial charge >= 0.3 is 11.9 Å². The third-order valence-electron chi connectivity index (χ3n) is 4.27. The summed E-state index contributed by atoms with van der Waals surface area (Å²) in [6.45, 7) is 5.23. The Morgan fingerprint density at radius 2 is 1.36 bits per heavy atom. The summed E-state index contributed by atoms with van der Waals surface area (Å²) in [5.41, 5.74) is -0.0939. The number of methoxy groups -OCH3 is 2. The molecule has 10 nitrogen and oxygen atoms in total. The molecule has 1 atom stereocenters. The van der Waals surface area contributed by atoms with Gasteiger partial charge in [-0.1, -0.05) is 0 Å². The Bertz CT molecular complexity index is 1090. The van der Waals surface area contributed by atoms with Gasteiger partial charge in [-0.2, -0.15) is 0 Å². The van der Waals surface area contributed by atoms with Crippen LogP contribution in [0.1, 0.15) is 41.5 Å². The summed E-state index contributed by atoms with van der Waals surface area (Å²) in [6, 6.07) is 9.10. The van der Waals surface area contributed by atoms with Gasteiger partial charge in [0.15, 0.2) is 6.10 Å². The Kier molecular flexibility index (Phi) is 8.41. The third kappa shape index (κ3) is 6.94. The zero-order chi connectivity index (χ0) is 24.8. The molecule has 0 unspecified atom stereocenters. The molecule has 33 heavy (non-hydrogen) atoms. The minimum Gasteiger partial charge on any atom is -0.481 e. The number of carbonyl (C=O) groups excluding carboxylic acids is 3. The van der Waals surface area contributed by atoms with Crippen LogP contribution in [0.15, 0.2) is 47.4 Å². The minimum absolute atomic E-state index is 0.0300. The second-order valence-corrected chi connectivity index (χ2v) is 8.96. The molecule has 1 amide bonds. The quantitative estimate of drug-likeness (QED) is 0.524. The first-order valence-corrected chi connectivity index (χ1v) is 11.4. The molecule has 0 saturated carbocycles. The second-order valence-electron chi connectivity index (χ2n) is 7.28. The predicted molar refractivity (Wildman–Crippen MR) is 120 cm³/mol. The molecule has 0 heterocycles. The van der Waals surface area contributed by atoms with Crippen molar-refractivity contribution >= 4 is 33.6 Å². The average molecular weight is 479 g/mol. The molecule has 2 N–H and O–H groups in total. The Morgan fingerprint density at radius 1 is 0.848 bits per heavy atom. The van der Waals surface area contributed by atoms with Crippen LogP contribution in [0.3, 0.4) is 0 Å². The highest BCUT2D eigenvalue weighted by molar-refractivity contribution is 7.92. The maximum absolute atomic E-state index is 12.8. The highest BCUT2D eigenvalue weighted by Crippen LogP contribution is 2.23. The van der Waals surface area contributed by atoms with E-state index in [1.807, 2.05) is 13.8 Å². The number of nitrogens with one attached hydrogen (secondary N) is 2. The number of hydrogen-bond donors (Lipinski definition) is 2. The van der Waals surface area contributed by atoms with E-state index < -0.39 is 28.1 Å². The molecule has 11 heteroatoms. The summed E-state index contributed by atoms with van der Waals surface area (Å²) in [5.74, 6) is -1.49.